The standard InChI is InChI=1S/C22H17NO5S/c1-11-2-4-12(5-3-11)18-19-20(29-21(18)22(25)26)14(9-17(24)23-19)13-6-7-15-16(8-13)28-10-27-15/h2-8,14H,9-10H2,1H3,(H,23,24)(H,25,26)/t14-/m0/s1. The Balaban J connectivity index is 1.68. The maximum Gasteiger partial charge on any atom is 0.346 e. The minimum absolute atomic E-state index is 0.136. The lowest BCUT2D eigenvalue weighted by atomic mass is 9.88. The Morgan fingerprint density at radius 1 is 1.14 bits per heavy atom. The van der Waals surface area contributed by atoms with Gasteiger partial charge in [-0.2, -0.15) is 0 Å². The van der Waals surface area contributed by atoms with Crippen LogP contribution in [0.3, 0.4) is 0 Å². The summed E-state index contributed by atoms with van der Waals surface area (Å²) < 4.78 is 10.9. The third kappa shape index (κ3) is 2.94. The Morgan fingerprint density at radius 3 is 2.66 bits per heavy atom. The number of nitrogens with one attached hydrogen (secondary N) is 1. The molecule has 0 unspecified atom stereocenters. The Kier molecular flexibility index (Phi) is 4.06. The van der Waals surface area contributed by atoms with E-state index < -0.39 is 5.97 Å². The van der Waals surface area contributed by atoms with Crippen molar-refractivity contribution in [2.45, 2.75) is 19.3 Å². The van der Waals surface area contributed by atoms with E-state index in [9.17, 15) is 14.7 Å². The zero-order valence-electron chi connectivity index (χ0n) is 15.5. The molecule has 0 spiro atoms. The summed E-state index contributed by atoms with van der Waals surface area (Å²) >= 11 is 1.22. The zero-order chi connectivity index (χ0) is 20.1. The number of fused-ring (bicyclic) bond motifs is 2. The average Bonchev–Trinajstić information content (AvgIpc) is 3.32. The molecule has 0 bridgehead atoms. The van der Waals surface area contributed by atoms with Gasteiger partial charge in [0.05, 0.1) is 5.69 Å². The third-order valence-electron chi connectivity index (χ3n) is 5.24. The molecule has 1 aromatic heterocycles. The van der Waals surface area contributed by atoms with E-state index in [2.05, 4.69) is 5.32 Å². The molecule has 2 aliphatic rings. The molecule has 3 aromatic rings. The number of carboxylic acid groups (broad SMARTS) is 1. The molecule has 6 nitrogen and oxygen atoms in total. The Bertz CT molecular complexity index is 1150. The Hall–Kier alpha value is -3.32. The largest absolute Gasteiger partial charge is 0.477 e. The first-order valence-electron chi connectivity index (χ1n) is 9.17. The number of hydrogen-bond acceptors (Lipinski definition) is 5. The first-order valence-corrected chi connectivity index (χ1v) is 9.99. The minimum Gasteiger partial charge on any atom is -0.477 e. The van der Waals surface area contributed by atoms with Gasteiger partial charge < -0.3 is 19.9 Å². The highest BCUT2D eigenvalue weighted by Crippen LogP contribution is 2.50. The first-order chi connectivity index (χ1) is 14.0. The van der Waals surface area contributed by atoms with Crippen molar-refractivity contribution >= 4 is 28.9 Å². The molecule has 0 aliphatic carbocycles. The molecule has 2 aromatic carbocycles. The highest BCUT2D eigenvalue weighted by Gasteiger charge is 2.35. The number of rotatable bonds is 3. The zero-order valence-corrected chi connectivity index (χ0v) is 16.3. The number of thiophene rings is 1. The summed E-state index contributed by atoms with van der Waals surface area (Å²) in [4.78, 5) is 25.6. The molecule has 0 radical (unpaired) electrons. The number of amides is 1. The van der Waals surface area contributed by atoms with Crippen molar-refractivity contribution in [3.05, 3.63) is 63.3 Å². The van der Waals surface area contributed by atoms with E-state index in [-0.39, 0.29) is 29.9 Å². The van der Waals surface area contributed by atoms with E-state index >= 15 is 0 Å². The first kappa shape index (κ1) is 17.8. The predicted molar refractivity (Wildman–Crippen MR) is 109 cm³/mol. The molecule has 1 amide bonds. The van der Waals surface area contributed by atoms with Gasteiger partial charge in [-0.25, -0.2) is 4.79 Å². The Morgan fingerprint density at radius 2 is 1.90 bits per heavy atom. The van der Waals surface area contributed by atoms with E-state index in [0.29, 0.717) is 22.7 Å². The van der Waals surface area contributed by atoms with Crippen LogP contribution in [0.1, 0.15) is 38.0 Å². The SMILES string of the molecule is Cc1ccc(-c2c(C(=O)O)sc3c2NC(=O)C[C@H]3c2ccc3c(c2)OCO3)cc1. The van der Waals surface area contributed by atoms with E-state index in [4.69, 9.17) is 9.47 Å². The Labute approximate surface area is 170 Å². The van der Waals surface area contributed by atoms with Crippen LogP contribution in [0.15, 0.2) is 42.5 Å². The van der Waals surface area contributed by atoms with Crippen LogP contribution in [-0.2, 0) is 4.79 Å². The molecular weight excluding hydrogens is 390 g/mol. The molecule has 2 aliphatic heterocycles. The van der Waals surface area contributed by atoms with Crippen LogP contribution in [-0.4, -0.2) is 23.8 Å². The van der Waals surface area contributed by atoms with Gasteiger partial charge in [-0.05, 0) is 30.2 Å². The van der Waals surface area contributed by atoms with Crippen LogP contribution in [0, 0.1) is 6.92 Å². The third-order valence-corrected chi connectivity index (χ3v) is 6.53. The summed E-state index contributed by atoms with van der Waals surface area (Å²) in [6.07, 6.45) is 0.250. The quantitative estimate of drug-likeness (QED) is 0.662. The highest BCUT2D eigenvalue weighted by molar-refractivity contribution is 7.15. The number of carbonyl (C=O) groups excluding carboxylic acids is 1. The number of anilines is 1. The van der Waals surface area contributed by atoms with Gasteiger partial charge >= 0.3 is 5.97 Å². The van der Waals surface area contributed by atoms with Crippen molar-refractivity contribution in [1.82, 2.24) is 0 Å². The lowest BCUT2D eigenvalue weighted by Gasteiger charge is -2.24. The minimum atomic E-state index is -1.00. The fourth-order valence-electron chi connectivity index (χ4n) is 3.83. The van der Waals surface area contributed by atoms with E-state index in [1.54, 1.807) is 0 Å². The maximum absolute atomic E-state index is 12.6. The van der Waals surface area contributed by atoms with Gasteiger partial charge in [0.25, 0.3) is 0 Å². The normalized spacial score (nSPS) is 17.0. The van der Waals surface area contributed by atoms with Gasteiger partial charge in [-0.15, -0.1) is 11.3 Å². The molecule has 7 heteroatoms. The molecule has 0 saturated heterocycles. The van der Waals surface area contributed by atoms with Crippen LogP contribution in [0.4, 0.5) is 5.69 Å². The van der Waals surface area contributed by atoms with Crippen molar-refractivity contribution in [3.8, 4) is 22.6 Å². The topological polar surface area (TPSA) is 84.9 Å². The number of hydrogen-bond donors (Lipinski definition) is 2. The van der Waals surface area contributed by atoms with Crippen molar-refractivity contribution < 1.29 is 24.2 Å². The van der Waals surface area contributed by atoms with Crippen LogP contribution in [0.25, 0.3) is 11.1 Å². The second kappa shape index (κ2) is 6.63. The van der Waals surface area contributed by atoms with Gasteiger partial charge in [-0.1, -0.05) is 35.9 Å². The highest BCUT2D eigenvalue weighted by atomic mass is 32.1. The molecule has 3 heterocycles. The van der Waals surface area contributed by atoms with Crippen LogP contribution >= 0.6 is 11.3 Å². The average molecular weight is 407 g/mol. The molecule has 2 N–H and O–H groups in total. The number of ether oxygens (including phenoxy) is 2. The molecule has 29 heavy (non-hydrogen) atoms. The number of aromatic carboxylic acids is 1. The van der Waals surface area contributed by atoms with Gasteiger partial charge in [0.15, 0.2) is 11.5 Å². The monoisotopic (exact) mass is 407 g/mol. The number of carbonyl (C=O) groups is 2. The second-order valence-corrected chi connectivity index (χ2v) is 8.19. The molecule has 1 atom stereocenters. The molecule has 146 valence electrons. The summed E-state index contributed by atoms with van der Waals surface area (Å²) in [5.74, 6) is -0.0618. The fraction of sp³-hybridized carbons (Fsp3) is 0.182. The lowest BCUT2D eigenvalue weighted by molar-refractivity contribution is -0.116. The summed E-state index contributed by atoms with van der Waals surface area (Å²) in [5.41, 5.74) is 3.92. The second-order valence-electron chi connectivity index (χ2n) is 7.13. The van der Waals surface area contributed by atoms with Crippen LogP contribution in [0.5, 0.6) is 11.5 Å². The predicted octanol–water partition coefficient (Wildman–Crippen LogP) is 4.62. The van der Waals surface area contributed by atoms with Gasteiger partial charge in [0.1, 0.15) is 4.88 Å². The summed E-state index contributed by atoms with van der Waals surface area (Å²) in [6, 6.07) is 13.3. The summed E-state index contributed by atoms with van der Waals surface area (Å²) in [5, 5.41) is 12.8. The number of benzene rings is 2. The van der Waals surface area contributed by atoms with Crippen molar-refractivity contribution in [1.29, 1.82) is 0 Å². The summed E-state index contributed by atoms with van der Waals surface area (Å²) in [7, 11) is 0. The van der Waals surface area contributed by atoms with Crippen LogP contribution in [0.2, 0.25) is 0 Å². The van der Waals surface area contributed by atoms with Gasteiger partial charge in [0, 0.05) is 22.8 Å². The van der Waals surface area contributed by atoms with E-state index in [1.165, 1.54) is 11.3 Å². The van der Waals surface area contributed by atoms with Crippen molar-refractivity contribution in [2.75, 3.05) is 12.1 Å². The van der Waals surface area contributed by atoms with Crippen molar-refractivity contribution in [2.24, 2.45) is 0 Å². The fourth-order valence-corrected chi connectivity index (χ4v) is 5.08. The smallest absolute Gasteiger partial charge is 0.346 e. The van der Waals surface area contributed by atoms with Gasteiger partial charge in [-0.3, -0.25) is 4.79 Å². The van der Waals surface area contributed by atoms with Crippen LogP contribution < -0.4 is 14.8 Å². The lowest BCUT2D eigenvalue weighted by Crippen LogP contribution is -2.22. The van der Waals surface area contributed by atoms with E-state index in [1.807, 2.05) is 49.4 Å². The number of carboxylic acids is 1. The van der Waals surface area contributed by atoms with Gasteiger partial charge in [0.2, 0.25) is 12.7 Å². The summed E-state index contributed by atoms with van der Waals surface area (Å²) in [6.45, 7) is 2.15. The molecular formula is C22H17NO5S. The maximum atomic E-state index is 12.6. The molecule has 0 saturated carbocycles. The number of aryl methyl sites for hydroxylation is 1. The van der Waals surface area contributed by atoms with E-state index in [0.717, 1.165) is 21.6 Å². The van der Waals surface area contributed by atoms with Crippen molar-refractivity contribution in [3.63, 3.8) is 0 Å². The molecule has 5 rings (SSSR count). The molecule has 0 fully saturated rings.